The van der Waals surface area contributed by atoms with Gasteiger partial charge in [-0.3, -0.25) is 9.59 Å². The number of amides is 1. The molecule has 362 valence electrons. The zero-order valence-electron chi connectivity index (χ0n) is 41.3. The Hall–Kier alpha value is -1.40. The predicted octanol–water partition coefficient (Wildman–Crippen LogP) is 16.5. The van der Waals surface area contributed by atoms with Gasteiger partial charge in [0.15, 0.2) is 0 Å². The molecule has 61 heavy (non-hydrogen) atoms. The largest absolute Gasteiger partial charge is 0.462 e. The normalized spacial score (nSPS) is 13.2. The van der Waals surface area contributed by atoms with Crippen molar-refractivity contribution in [3.05, 3.63) is 12.2 Å². The van der Waals surface area contributed by atoms with Crippen LogP contribution in [0, 0.1) is 0 Å². The molecule has 0 fully saturated rings. The average Bonchev–Trinajstić information content (AvgIpc) is 3.25. The lowest BCUT2D eigenvalue weighted by molar-refractivity contribution is -0.151. The highest BCUT2D eigenvalue weighted by Gasteiger charge is 2.24. The average molecular weight is 862 g/mol. The summed E-state index contributed by atoms with van der Waals surface area (Å²) in [6.45, 7) is 6.48. The number of aliphatic hydroxyl groups excluding tert-OH is 2. The van der Waals surface area contributed by atoms with Crippen LogP contribution in [-0.4, -0.2) is 46.9 Å². The lowest BCUT2D eigenvalue weighted by atomic mass is 10.0. The van der Waals surface area contributed by atoms with E-state index < -0.39 is 18.2 Å². The third kappa shape index (κ3) is 45.0. The SMILES string of the molecule is CCCC/C=C\CCCCCCCC(=O)OC(CCCCCCCCCCCCCCCCCC)CC(=O)NC(CO)C(O)CCCCCCCCCCCCCCCCC. The van der Waals surface area contributed by atoms with Gasteiger partial charge in [-0.25, -0.2) is 0 Å². The van der Waals surface area contributed by atoms with Crippen LogP contribution in [0.25, 0.3) is 0 Å². The summed E-state index contributed by atoms with van der Waals surface area (Å²) in [4.78, 5) is 26.2. The van der Waals surface area contributed by atoms with Crippen molar-refractivity contribution in [2.45, 2.75) is 322 Å². The van der Waals surface area contributed by atoms with Crippen molar-refractivity contribution in [2.75, 3.05) is 6.61 Å². The molecule has 0 aromatic heterocycles. The van der Waals surface area contributed by atoms with E-state index in [4.69, 9.17) is 4.74 Å². The third-order valence-corrected chi connectivity index (χ3v) is 12.8. The monoisotopic (exact) mass is 862 g/mol. The van der Waals surface area contributed by atoms with Crippen molar-refractivity contribution in [3.63, 3.8) is 0 Å². The van der Waals surface area contributed by atoms with E-state index in [0.717, 1.165) is 51.4 Å². The molecule has 0 bridgehead atoms. The van der Waals surface area contributed by atoms with Crippen LogP contribution in [0.4, 0.5) is 0 Å². The number of carbonyl (C=O) groups is 2. The van der Waals surface area contributed by atoms with Crippen LogP contribution in [-0.2, 0) is 14.3 Å². The molecule has 3 atom stereocenters. The summed E-state index contributed by atoms with van der Waals surface area (Å²) in [5.74, 6) is -0.465. The smallest absolute Gasteiger partial charge is 0.306 e. The molecule has 1 amide bonds. The Labute approximate surface area is 380 Å². The number of esters is 1. The van der Waals surface area contributed by atoms with Gasteiger partial charge in [0.2, 0.25) is 5.91 Å². The number of rotatable bonds is 50. The summed E-state index contributed by atoms with van der Waals surface area (Å²) >= 11 is 0. The molecule has 0 aromatic rings. The number of hydrogen-bond acceptors (Lipinski definition) is 5. The second kappa shape index (κ2) is 49.6. The highest BCUT2D eigenvalue weighted by atomic mass is 16.5. The van der Waals surface area contributed by atoms with E-state index >= 15 is 0 Å². The Kier molecular flexibility index (Phi) is 48.5. The van der Waals surface area contributed by atoms with Crippen molar-refractivity contribution < 1.29 is 24.5 Å². The van der Waals surface area contributed by atoms with E-state index in [1.165, 1.54) is 205 Å². The molecule has 3 unspecified atom stereocenters. The minimum absolute atomic E-state index is 0.0818. The van der Waals surface area contributed by atoms with E-state index in [9.17, 15) is 19.8 Å². The number of aliphatic hydroxyl groups is 2. The number of allylic oxidation sites excluding steroid dienone is 2. The molecule has 0 saturated carbocycles. The molecule has 0 radical (unpaired) electrons. The zero-order valence-corrected chi connectivity index (χ0v) is 41.3. The topological polar surface area (TPSA) is 95.9 Å². The summed E-state index contributed by atoms with van der Waals surface area (Å²) in [6, 6.07) is -0.696. The maximum absolute atomic E-state index is 13.2. The molecular formula is C55H107NO5. The van der Waals surface area contributed by atoms with Gasteiger partial charge < -0.3 is 20.3 Å². The van der Waals surface area contributed by atoms with Gasteiger partial charge in [0.05, 0.1) is 25.2 Å². The molecular weight excluding hydrogens is 755 g/mol. The van der Waals surface area contributed by atoms with E-state index in [-0.39, 0.29) is 24.9 Å². The first-order chi connectivity index (χ1) is 30.0. The van der Waals surface area contributed by atoms with Gasteiger partial charge in [0, 0.05) is 6.42 Å². The van der Waals surface area contributed by atoms with E-state index in [1.807, 2.05) is 0 Å². The highest BCUT2D eigenvalue weighted by molar-refractivity contribution is 5.77. The second-order valence-electron chi connectivity index (χ2n) is 19.0. The van der Waals surface area contributed by atoms with Crippen LogP contribution in [0.1, 0.15) is 303 Å². The van der Waals surface area contributed by atoms with Gasteiger partial charge in [-0.2, -0.15) is 0 Å². The Morgan fingerprint density at radius 2 is 0.803 bits per heavy atom. The Bertz CT molecular complexity index is 924. The fourth-order valence-electron chi connectivity index (χ4n) is 8.65. The Morgan fingerprint density at radius 1 is 0.459 bits per heavy atom. The van der Waals surface area contributed by atoms with Crippen molar-refractivity contribution in [1.82, 2.24) is 5.32 Å². The summed E-state index contributed by atoms with van der Waals surface area (Å²) in [5, 5.41) is 23.8. The fourth-order valence-corrected chi connectivity index (χ4v) is 8.65. The molecule has 6 heteroatoms. The summed E-state index contributed by atoms with van der Waals surface area (Å²) in [5.41, 5.74) is 0. The molecule has 0 aromatic carbocycles. The van der Waals surface area contributed by atoms with Crippen LogP contribution in [0.5, 0.6) is 0 Å². The molecule has 0 aliphatic rings. The number of nitrogens with one attached hydrogen (secondary N) is 1. The van der Waals surface area contributed by atoms with Crippen LogP contribution >= 0.6 is 0 Å². The van der Waals surface area contributed by atoms with Crippen LogP contribution in [0.3, 0.4) is 0 Å². The molecule has 3 N–H and O–H groups in total. The predicted molar refractivity (Wildman–Crippen MR) is 264 cm³/mol. The summed E-state index contributed by atoms with van der Waals surface area (Å²) in [6.07, 6.45) is 55.6. The van der Waals surface area contributed by atoms with Gasteiger partial charge >= 0.3 is 5.97 Å². The number of ether oxygens (including phenoxy) is 1. The van der Waals surface area contributed by atoms with Crippen molar-refractivity contribution in [3.8, 4) is 0 Å². The van der Waals surface area contributed by atoms with Gasteiger partial charge in [0.1, 0.15) is 6.10 Å². The fraction of sp³-hybridized carbons (Fsp3) is 0.927. The number of hydrogen-bond donors (Lipinski definition) is 3. The first-order valence-corrected chi connectivity index (χ1v) is 27.4. The summed E-state index contributed by atoms with van der Waals surface area (Å²) < 4.78 is 5.94. The molecule has 6 nitrogen and oxygen atoms in total. The van der Waals surface area contributed by atoms with E-state index in [2.05, 4.69) is 38.2 Å². The number of unbranched alkanes of at least 4 members (excludes halogenated alkanes) is 36. The van der Waals surface area contributed by atoms with Gasteiger partial charge in [-0.15, -0.1) is 0 Å². The van der Waals surface area contributed by atoms with E-state index in [1.54, 1.807) is 0 Å². The molecule has 0 heterocycles. The van der Waals surface area contributed by atoms with Crippen LogP contribution < -0.4 is 5.32 Å². The molecule has 0 aliphatic carbocycles. The van der Waals surface area contributed by atoms with Crippen molar-refractivity contribution in [2.24, 2.45) is 0 Å². The molecule has 0 rings (SSSR count). The van der Waals surface area contributed by atoms with Gasteiger partial charge in [0.25, 0.3) is 0 Å². The first-order valence-electron chi connectivity index (χ1n) is 27.4. The lowest BCUT2D eigenvalue weighted by Gasteiger charge is -2.24. The van der Waals surface area contributed by atoms with Crippen LogP contribution in [0.2, 0.25) is 0 Å². The maximum Gasteiger partial charge on any atom is 0.306 e. The first kappa shape index (κ1) is 59.6. The zero-order chi connectivity index (χ0) is 44.5. The third-order valence-electron chi connectivity index (χ3n) is 12.8. The maximum atomic E-state index is 13.2. The number of carbonyl (C=O) groups excluding carboxylic acids is 2. The second-order valence-corrected chi connectivity index (χ2v) is 19.0. The minimum atomic E-state index is -0.783. The van der Waals surface area contributed by atoms with E-state index in [0.29, 0.717) is 19.3 Å². The Balaban J connectivity index is 4.49. The molecule has 0 aliphatic heterocycles. The van der Waals surface area contributed by atoms with Crippen LogP contribution in [0.15, 0.2) is 12.2 Å². The highest BCUT2D eigenvalue weighted by Crippen LogP contribution is 2.19. The minimum Gasteiger partial charge on any atom is -0.462 e. The standard InChI is InChI=1S/C55H107NO5/c1-4-7-10-13-16-19-22-24-26-28-29-32-34-37-40-43-46-51(61-55(60)48-45-42-39-36-31-21-18-15-12-9-6-3)49-54(59)56-52(50-57)53(58)47-44-41-38-35-33-30-27-25-23-20-17-14-11-8-5-2/h15,18,51-53,57-58H,4-14,16-17,19-50H2,1-3H3,(H,56,59)/b18-15-. The van der Waals surface area contributed by atoms with Gasteiger partial charge in [-0.05, 0) is 44.9 Å². The lowest BCUT2D eigenvalue weighted by Crippen LogP contribution is -2.46. The summed E-state index contributed by atoms with van der Waals surface area (Å²) in [7, 11) is 0. The Morgan fingerprint density at radius 3 is 1.21 bits per heavy atom. The van der Waals surface area contributed by atoms with Crippen molar-refractivity contribution in [1.29, 1.82) is 0 Å². The molecule has 0 spiro atoms. The quantitative estimate of drug-likeness (QED) is 0.0322. The van der Waals surface area contributed by atoms with Gasteiger partial charge in [-0.1, -0.05) is 258 Å². The molecule has 0 saturated heterocycles. The van der Waals surface area contributed by atoms with Crippen molar-refractivity contribution >= 4 is 11.9 Å².